The van der Waals surface area contributed by atoms with Crippen molar-refractivity contribution in [2.45, 2.75) is 78.0 Å². The van der Waals surface area contributed by atoms with Crippen LogP contribution in [0.3, 0.4) is 0 Å². The van der Waals surface area contributed by atoms with Crippen molar-refractivity contribution in [3.8, 4) is 0 Å². The molecule has 10 nitrogen and oxygen atoms in total. The van der Waals surface area contributed by atoms with Crippen molar-refractivity contribution in [2.75, 3.05) is 0 Å². The van der Waals surface area contributed by atoms with E-state index >= 15 is 0 Å². The van der Waals surface area contributed by atoms with Gasteiger partial charge in [-0.25, -0.2) is 9.59 Å². The molecule has 0 N–H and O–H groups in total. The highest BCUT2D eigenvalue weighted by Crippen LogP contribution is 2.52. The number of carbonyl (C=O) groups excluding carboxylic acids is 5. The van der Waals surface area contributed by atoms with Crippen LogP contribution >= 0.6 is 0 Å². The van der Waals surface area contributed by atoms with Gasteiger partial charge in [0, 0.05) is 32.3 Å². The highest BCUT2D eigenvalue weighted by molar-refractivity contribution is 5.91. The molecule has 196 valence electrons. The second-order valence-corrected chi connectivity index (χ2v) is 9.69. The first-order chi connectivity index (χ1) is 16.7. The maximum Gasteiger partial charge on any atom is 0.354 e. The predicted molar refractivity (Wildman–Crippen MR) is 124 cm³/mol. The first-order valence-electron chi connectivity index (χ1n) is 11.7. The van der Waals surface area contributed by atoms with E-state index in [1.807, 2.05) is 6.92 Å². The first-order valence-corrected chi connectivity index (χ1v) is 11.7. The fourth-order valence-electron chi connectivity index (χ4n) is 5.31. The van der Waals surface area contributed by atoms with E-state index in [1.165, 1.54) is 20.8 Å². The highest BCUT2D eigenvalue weighted by Gasteiger charge is 2.57. The third kappa shape index (κ3) is 4.94. The molecule has 6 unspecified atom stereocenters. The van der Waals surface area contributed by atoms with E-state index in [0.29, 0.717) is 12.0 Å². The molecule has 1 saturated heterocycles. The third-order valence-electron chi connectivity index (χ3n) is 7.16. The van der Waals surface area contributed by atoms with Crippen LogP contribution in [0.4, 0.5) is 0 Å². The SMILES string of the molecule is C=C1C(=O)OC2C3C(=C)[C@@H](OC(C)=O)CC3C(C)=CC(OC(=O)C(C)(OC(C)=O)C(C)OC(C)=O)[C@@H]12. The highest BCUT2D eigenvalue weighted by atomic mass is 16.6. The number of hydrogen-bond acceptors (Lipinski definition) is 10. The smallest absolute Gasteiger partial charge is 0.354 e. The fraction of sp³-hybridized carbons (Fsp3) is 0.577. The Labute approximate surface area is 209 Å². The van der Waals surface area contributed by atoms with Gasteiger partial charge in [0.15, 0.2) is 0 Å². The summed E-state index contributed by atoms with van der Waals surface area (Å²) < 4.78 is 27.4. The Morgan fingerprint density at radius 1 is 1.06 bits per heavy atom. The molecule has 0 amide bonds. The lowest BCUT2D eigenvalue weighted by atomic mass is 9.80. The Bertz CT molecular complexity index is 1050. The van der Waals surface area contributed by atoms with Gasteiger partial charge in [-0.1, -0.05) is 18.7 Å². The summed E-state index contributed by atoms with van der Waals surface area (Å²) in [6.45, 7) is 16.2. The van der Waals surface area contributed by atoms with E-state index < -0.39 is 65.8 Å². The van der Waals surface area contributed by atoms with E-state index in [-0.39, 0.29) is 17.4 Å². The summed E-state index contributed by atoms with van der Waals surface area (Å²) in [5.41, 5.74) is -0.394. The molecule has 0 aromatic carbocycles. The summed E-state index contributed by atoms with van der Waals surface area (Å²) in [6, 6.07) is 0. The van der Waals surface area contributed by atoms with Gasteiger partial charge < -0.3 is 23.7 Å². The van der Waals surface area contributed by atoms with Crippen LogP contribution < -0.4 is 0 Å². The van der Waals surface area contributed by atoms with Gasteiger partial charge in [-0.05, 0) is 44.8 Å². The predicted octanol–water partition coefficient (Wildman–Crippen LogP) is 2.35. The Hall–Kier alpha value is -3.43. The van der Waals surface area contributed by atoms with Crippen LogP contribution in [-0.2, 0) is 47.7 Å². The lowest BCUT2D eigenvalue weighted by Crippen LogP contribution is -2.53. The molecule has 1 aliphatic heterocycles. The Morgan fingerprint density at radius 2 is 1.69 bits per heavy atom. The Kier molecular flexibility index (Phi) is 7.48. The van der Waals surface area contributed by atoms with E-state index in [9.17, 15) is 24.0 Å². The van der Waals surface area contributed by atoms with Gasteiger partial charge in [-0.2, -0.15) is 0 Å². The minimum Gasteiger partial charge on any atom is -0.458 e. The van der Waals surface area contributed by atoms with Gasteiger partial charge in [0.25, 0.3) is 0 Å². The van der Waals surface area contributed by atoms with Gasteiger partial charge in [0.1, 0.15) is 24.4 Å². The van der Waals surface area contributed by atoms with Gasteiger partial charge in [-0.15, -0.1) is 0 Å². The topological polar surface area (TPSA) is 132 Å². The molecule has 3 rings (SSSR count). The molecule has 10 heteroatoms. The standard InChI is InChI=1S/C26H32O10/c1-11-9-20(34-25(31)26(8,36-17(7)29)14(4)32-15(5)27)22-13(3)24(30)35-23(22)21-12(2)19(10-18(11)21)33-16(6)28/h9,14,18-23H,2-3,10H2,1,4-8H3/t14?,18?,19-,20?,21?,22+,23?,26?/m0/s1. The molecule has 3 aliphatic rings. The van der Waals surface area contributed by atoms with Crippen molar-refractivity contribution in [3.05, 3.63) is 36.0 Å². The van der Waals surface area contributed by atoms with Crippen molar-refractivity contribution in [3.63, 3.8) is 0 Å². The number of allylic oxidation sites excluding steroid dienone is 1. The number of esters is 5. The summed E-state index contributed by atoms with van der Waals surface area (Å²) in [7, 11) is 0. The molecule has 36 heavy (non-hydrogen) atoms. The average Bonchev–Trinajstić information content (AvgIpc) is 3.18. The maximum atomic E-state index is 13.4. The zero-order valence-corrected chi connectivity index (χ0v) is 21.3. The van der Waals surface area contributed by atoms with Crippen molar-refractivity contribution < 1.29 is 47.7 Å². The molecular formula is C26H32O10. The minimum absolute atomic E-state index is 0.119. The molecule has 0 aromatic heterocycles. The summed E-state index contributed by atoms with van der Waals surface area (Å²) >= 11 is 0. The molecule has 0 aromatic rings. The lowest BCUT2D eigenvalue weighted by Gasteiger charge is -2.34. The summed E-state index contributed by atoms with van der Waals surface area (Å²) in [4.78, 5) is 60.9. The molecule has 1 saturated carbocycles. The zero-order valence-electron chi connectivity index (χ0n) is 21.3. The van der Waals surface area contributed by atoms with Gasteiger partial charge in [0.05, 0.1) is 5.92 Å². The number of rotatable bonds is 6. The number of carbonyl (C=O) groups is 5. The second kappa shape index (κ2) is 9.91. The number of fused-ring (bicyclic) bond motifs is 3. The van der Waals surface area contributed by atoms with Crippen molar-refractivity contribution in [2.24, 2.45) is 17.8 Å². The van der Waals surface area contributed by atoms with E-state index in [4.69, 9.17) is 23.7 Å². The molecule has 0 spiro atoms. The Morgan fingerprint density at radius 3 is 2.25 bits per heavy atom. The molecule has 0 bridgehead atoms. The van der Waals surface area contributed by atoms with Crippen molar-refractivity contribution >= 4 is 29.8 Å². The normalized spacial score (nSPS) is 31.5. The largest absolute Gasteiger partial charge is 0.458 e. The summed E-state index contributed by atoms with van der Waals surface area (Å²) in [6.07, 6.45) is -1.31. The van der Waals surface area contributed by atoms with Crippen LogP contribution in [0.25, 0.3) is 0 Å². The average molecular weight is 505 g/mol. The van der Waals surface area contributed by atoms with E-state index in [2.05, 4.69) is 13.2 Å². The third-order valence-corrected chi connectivity index (χ3v) is 7.16. The maximum absolute atomic E-state index is 13.4. The summed E-state index contributed by atoms with van der Waals surface area (Å²) in [5.74, 6) is -4.81. The molecule has 2 fully saturated rings. The van der Waals surface area contributed by atoms with Crippen LogP contribution in [-0.4, -0.2) is 59.9 Å². The minimum atomic E-state index is -1.95. The van der Waals surface area contributed by atoms with E-state index in [1.54, 1.807) is 6.08 Å². The van der Waals surface area contributed by atoms with Crippen molar-refractivity contribution in [1.82, 2.24) is 0 Å². The lowest BCUT2D eigenvalue weighted by molar-refractivity contribution is -0.200. The van der Waals surface area contributed by atoms with Gasteiger partial charge in [0.2, 0.25) is 5.60 Å². The summed E-state index contributed by atoms with van der Waals surface area (Å²) in [5, 5.41) is 0. The molecule has 8 atom stereocenters. The zero-order chi connectivity index (χ0) is 27.1. The van der Waals surface area contributed by atoms with Gasteiger partial charge in [-0.3, -0.25) is 14.4 Å². The number of ether oxygens (including phenoxy) is 5. The number of hydrogen-bond donors (Lipinski definition) is 0. The van der Waals surface area contributed by atoms with Crippen LogP contribution in [0.1, 0.15) is 48.0 Å². The van der Waals surface area contributed by atoms with Crippen LogP contribution in [0.5, 0.6) is 0 Å². The van der Waals surface area contributed by atoms with Crippen LogP contribution in [0.2, 0.25) is 0 Å². The molecular weight excluding hydrogens is 472 g/mol. The monoisotopic (exact) mass is 504 g/mol. The van der Waals surface area contributed by atoms with E-state index in [0.717, 1.165) is 19.4 Å². The quantitative estimate of drug-likeness (QED) is 0.230. The first kappa shape index (κ1) is 27.2. The molecule has 0 radical (unpaired) electrons. The van der Waals surface area contributed by atoms with Crippen LogP contribution in [0.15, 0.2) is 36.0 Å². The Balaban J connectivity index is 1.98. The van der Waals surface area contributed by atoms with Crippen molar-refractivity contribution in [1.29, 1.82) is 0 Å². The second-order valence-electron chi connectivity index (χ2n) is 9.69. The molecule has 1 heterocycles. The fourth-order valence-corrected chi connectivity index (χ4v) is 5.31. The molecule has 2 aliphatic carbocycles. The van der Waals surface area contributed by atoms with Crippen LogP contribution in [0, 0.1) is 17.8 Å². The van der Waals surface area contributed by atoms with Gasteiger partial charge >= 0.3 is 29.8 Å².